The third-order valence-corrected chi connectivity index (χ3v) is 2.60. The molecule has 1 saturated carbocycles. The first-order chi connectivity index (χ1) is 6.30. The Morgan fingerprint density at radius 3 is 2.92 bits per heavy atom. The number of hydrogen-bond acceptors (Lipinski definition) is 4. The third kappa shape index (κ3) is 1.45. The highest BCUT2D eigenvalue weighted by Crippen LogP contribution is 2.41. The maximum atomic E-state index is 8.70. The number of nitrogens with zero attached hydrogens (tertiary/aromatic N) is 3. The summed E-state index contributed by atoms with van der Waals surface area (Å²) in [4.78, 5) is 0. The fourth-order valence-electron chi connectivity index (χ4n) is 1.43. The Balaban J connectivity index is 2.13. The van der Waals surface area contributed by atoms with Crippen molar-refractivity contribution in [2.75, 3.05) is 13.2 Å². The molecule has 13 heavy (non-hydrogen) atoms. The van der Waals surface area contributed by atoms with Crippen LogP contribution in [0.1, 0.15) is 18.5 Å². The minimum atomic E-state index is 0.0424. The molecule has 0 bridgehead atoms. The fourth-order valence-corrected chi connectivity index (χ4v) is 1.43. The molecule has 5 nitrogen and oxygen atoms in total. The topological polar surface area (TPSA) is 77.0 Å². The molecule has 0 atom stereocenters. The summed E-state index contributed by atoms with van der Waals surface area (Å²) in [6, 6.07) is 0. The van der Waals surface area contributed by atoms with Crippen LogP contribution in [-0.2, 0) is 12.0 Å². The lowest BCUT2D eigenvalue weighted by molar-refractivity contribution is 0.298. The van der Waals surface area contributed by atoms with Gasteiger partial charge in [0.2, 0.25) is 0 Å². The molecule has 72 valence electrons. The predicted octanol–water partition coefficient (Wildman–Crippen LogP) is -0.739. The van der Waals surface area contributed by atoms with Crippen molar-refractivity contribution in [3.8, 4) is 0 Å². The molecule has 2 rings (SSSR count). The second-order valence-electron chi connectivity index (χ2n) is 3.56. The Hall–Kier alpha value is -0.940. The molecule has 0 aromatic carbocycles. The summed E-state index contributed by atoms with van der Waals surface area (Å²) in [5.41, 5.74) is 6.52. The van der Waals surface area contributed by atoms with E-state index in [2.05, 4.69) is 10.3 Å². The molecule has 0 aliphatic heterocycles. The van der Waals surface area contributed by atoms with Crippen LogP contribution in [0.3, 0.4) is 0 Å². The van der Waals surface area contributed by atoms with Gasteiger partial charge in [0.25, 0.3) is 0 Å². The Bertz CT molecular complexity index is 292. The summed E-state index contributed by atoms with van der Waals surface area (Å²) in [5, 5.41) is 16.7. The molecular formula is C8H14N4O. The Kier molecular flexibility index (Phi) is 2.05. The van der Waals surface area contributed by atoms with Gasteiger partial charge in [-0.3, -0.25) is 0 Å². The average molecular weight is 182 g/mol. The normalized spacial score (nSPS) is 18.9. The zero-order valence-electron chi connectivity index (χ0n) is 7.48. The Labute approximate surface area is 76.5 Å². The molecule has 5 heteroatoms. The van der Waals surface area contributed by atoms with E-state index in [1.54, 1.807) is 0 Å². The Morgan fingerprint density at radius 2 is 2.38 bits per heavy atom. The maximum Gasteiger partial charge on any atom is 0.0850 e. The highest BCUT2D eigenvalue weighted by atomic mass is 16.3. The molecule has 0 saturated heterocycles. The van der Waals surface area contributed by atoms with Gasteiger partial charge in [-0.2, -0.15) is 0 Å². The van der Waals surface area contributed by atoms with Gasteiger partial charge in [-0.05, 0) is 12.8 Å². The minimum absolute atomic E-state index is 0.0424. The van der Waals surface area contributed by atoms with Gasteiger partial charge in [-0.15, -0.1) is 5.10 Å². The number of aromatic nitrogens is 3. The van der Waals surface area contributed by atoms with Crippen molar-refractivity contribution in [3.05, 3.63) is 11.9 Å². The summed E-state index contributed by atoms with van der Waals surface area (Å²) >= 11 is 0. The number of aliphatic hydroxyl groups excluding tert-OH is 1. The zero-order chi connectivity index (χ0) is 9.31. The van der Waals surface area contributed by atoms with Crippen LogP contribution >= 0.6 is 0 Å². The van der Waals surface area contributed by atoms with E-state index in [-0.39, 0.29) is 12.1 Å². The van der Waals surface area contributed by atoms with Gasteiger partial charge in [0.05, 0.1) is 11.2 Å². The van der Waals surface area contributed by atoms with Crippen molar-refractivity contribution in [2.45, 2.75) is 24.8 Å². The lowest BCUT2D eigenvalue weighted by Gasteiger charge is -2.10. The SMILES string of the molecule is NCC1(n2cc(CCO)nn2)CC1. The smallest absolute Gasteiger partial charge is 0.0850 e. The average Bonchev–Trinajstić information content (AvgIpc) is 2.82. The minimum Gasteiger partial charge on any atom is -0.396 e. The van der Waals surface area contributed by atoms with Gasteiger partial charge >= 0.3 is 0 Å². The van der Waals surface area contributed by atoms with E-state index in [0.717, 1.165) is 18.5 Å². The summed E-state index contributed by atoms with van der Waals surface area (Å²) in [7, 11) is 0. The summed E-state index contributed by atoms with van der Waals surface area (Å²) in [6.07, 6.45) is 4.63. The predicted molar refractivity (Wildman–Crippen MR) is 47.1 cm³/mol. The van der Waals surface area contributed by atoms with Crippen molar-refractivity contribution < 1.29 is 5.11 Å². The molecule has 1 fully saturated rings. The summed E-state index contributed by atoms with van der Waals surface area (Å²) < 4.78 is 1.85. The van der Waals surface area contributed by atoms with Crippen molar-refractivity contribution >= 4 is 0 Å². The van der Waals surface area contributed by atoms with Crippen LogP contribution in [-0.4, -0.2) is 33.3 Å². The monoisotopic (exact) mass is 182 g/mol. The zero-order valence-corrected chi connectivity index (χ0v) is 7.48. The third-order valence-electron chi connectivity index (χ3n) is 2.60. The highest BCUT2D eigenvalue weighted by Gasteiger charge is 2.44. The van der Waals surface area contributed by atoms with Crippen LogP contribution in [0.15, 0.2) is 6.20 Å². The van der Waals surface area contributed by atoms with E-state index in [4.69, 9.17) is 10.8 Å². The molecule has 1 aromatic rings. The molecule has 0 unspecified atom stereocenters. The van der Waals surface area contributed by atoms with Crippen LogP contribution in [0.5, 0.6) is 0 Å². The highest BCUT2D eigenvalue weighted by molar-refractivity contribution is 5.04. The molecule has 1 aliphatic rings. The Morgan fingerprint density at radius 1 is 1.62 bits per heavy atom. The van der Waals surface area contributed by atoms with Crippen molar-refractivity contribution in [1.29, 1.82) is 0 Å². The van der Waals surface area contributed by atoms with Crippen LogP contribution in [0.25, 0.3) is 0 Å². The second-order valence-corrected chi connectivity index (χ2v) is 3.56. The molecule has 0 spiro atoms. The fraction of sp³-hybridized carbons (Fsp3) is 0.750. The lowest BCUT2D eigenvalue weighted by atomic mass is 10.3. The molecule has 0 radical (unpaired) electrons. The van der Waals surface area contributed by atoms with Crippen LogP contribution in [0.2, 0.25) is 0 Å². The quantitative estimate of drug-likeness (QED) is 0.643. The lowest BCUT2D eigenvalue weighted by Crippen LogP contribution is -2.27. The van der Waals surface area contributed by atoms with Crippen molar-refractivity contribution in [2.24, 2.45) is 5.73 Å². The maximum absolute atomic E-state index is 8.70. The summed E-state index contributed by atoms with van der Waals surface area (Å²) in [5.74, 6) is 0. The molecular weight excluding hydrogens is 168 g/mol. The number of aliphatic hydroxyl groups is 1. The van der Waals surface area contributed by atoms with Crippen molar-refractivity contribution in [3.63, 3.8) is 0 Å². The van der Waals surface area contributed by atoms with Crippen LogP contribution in [0.4, 0.5) is 0 Å². The standard InChI is InChI=1S/C8H14N4O/c9-6-8(2-3-8)12-5-7(1-4-13)10-11-12/h5,13H,1-4,6,9H2. The van der Waals surface area contributed by atoms with Gasteiger partial charge in [-0.1, -0.05) is 5.21 Å². The van der Waals surface area contributed by atoms with E-state index < -0.39 is 0 Å². The van der Waals surface area contributed by atoms with Gasteiger partial charge in [0.15, 0.2) is 0 Å². The summed E-state index contributed by atoms with van der Waals surface area (Å²) in [6.45, 7) is 0.739. The molecule has 0 amide bonds. The van der Waals surface area contributed by atoms with Crippen molar-refractivity contribution in [1.82, 2.24) is 15.0 Å². The van der Waals surface area contributed by atoms with E-state index >= 15 is 0 Å². The molecule has 1 aromatic heterocycles. The number of nitrogens with two attached hydrogens (primary N) is 1. The van der Waals surface area contributed by atoms with E-state index in [9.17, 15) is 0 Å². The first kappa shape index (κ1) is 8.65. The molecule has 3 N–H and O–H groups in total. The van der Waals surface area contributed by atoms with E-state index in [0.29, 0.717) is 13.0 Å². The first-order valence-corrected chi connectivity index (χ1v) is 4.53. The van der Waals surface area contributed by atoms with Crippen LogP contribution < -0.4 is 5.73 Å². The first-order valence-electron chi connectivity index (χ1n) is 4.53. The van der Waals surface area contributed by atoms with Gasteiger partial charge < -0.3 is 10.8 Å². The number of rotatable bonds is 4. The second kappa shape index (κ2) is 3.08. The van der Waals surface area contributed by atoms with Crippen LogP contribution in [0, 0.1) is 0 Å². The number of hydrogen-bond donors (Lipinski definition) is 2. The van der Waals surface area contributed by atoms with Gasteiger partial charge in [-0.25, -0.2) is 4.68 Å². The largest absolute Gasteiger partial charge is 0.396 e. The molecule has 1 heterocycles. The van der Waals surface area contributed by atoms with E-state index in [1.165, 1.54) is 0 Å². The van der Waals surface area contributed by atoms with E-state index in [1.807, 2.05) is 10.9 Å². The van der Waals surface area contributed by atoms with Gasteiger partial charge in [0, 0.05) is 25.8 Å². The van der Waals surface area contributed by atoms with Gasteiger partial charge in [0.1, 0.15) is 0 Å². The molecule has 1 aliphatic carbocycles.